The van der Waals surface area contributed by atoms with Gasteiger partial charge in [-0.3, -0.25) is 4.79 Å². The monoisotopic (exact) mass is 247 g/mol. The van der Waals surface area contributed by atoms with Gasteiger partial charge in [-0.05, 0) is 24.8 Å². The lowest BCUT2D eigenvalue weighted by Crippen LogP contribution is -2.49. The average Bonchev–Trinajstić information content (AvgIpc) is 2.70. The largest absolute Gasteiger partial charge is 0.320 e. The first kappa shape index (κ1) is 13.1. The fraction of sp³-hybridized carbons (Fsp3) is 0.714. The number of hydrogen-bond donors (Lipinski definition) is 1. The molecule has 1 amide bonds. The second-order valence-electron chi connectivity index (χ2n) is 5.27. The maximum Gasteiger partial charge on any atom is 0.241 e. The SMILES string of the molecule is N#C[C@@H]1C=CCN1C(=O)[C@@H](N)C1CCCCCC1. The van der Waals surface area contributed by atoms with Crippen LogP contribution in [0.4, 0.5) is 0 Å². The fourth-order valence-electron chi connectivity index (χ4n) is 2.92. The molecule has 0 aromatic heterocycles. The van der Waals surface area contributed by atoms with Crippen LogP contribution >= 0.6 is 0 Å². The molecule has 1 fully saturated rings. The third-order valence-corrected chi connectivity index (χ3v) is 4.06. The maximum absolute atomic E-state index is 12.3. The Morgan fingerprint density at radius 3 is 2.61 bits per heavy atom. The van der Waals surface area contributed by atoms with E-state index in [1.54, 1.807) is 11.0 Å². The summed E-state index contributed by atoms with van der Waals surface area (Å²) in [5.41, 5.74) is 6.13. The molecular formula is C14H21N3O. The summed E-state index contributed by atoms with van der Waals surface area (Å²) in [6, 6.07) is 1.27. The second kappa shape index (κ2) is 6.01. The topological polar surface area (TPSA) is 70.1 Å². The molecule has 0 radical (unpaired) electrons. The number of hydrogen-bond acceptors (Lipinski definition) is 3. The zero-order chi connectivity index (χ0) is 13.0. The van der Waals surface area contributed by atoms with Crippen LogP contribution in [0.25, 0.3) is 0 Å². The van der Waals surface area contributed by atoms with E-state index in [1.807, 2.05) is 6.08 Å². The van der Waals surface area contributed by atoms with Gasteiger partial charge in [0, 0.05) is 6.54 Å². The van der Waals surface area contributed by atoms with Crippen LogP contribution in [0.2, 0.25) is 0 Å². The Balaban J connectivity index is 1.97. The Hall–Kier alpha value is -1.34. The molecule has 2 N–H and O–H groups in total. The molecule has 0 aromatic carbocycles. The summed E-state index contributed by atoms with van der Waals surface area (Å²) in [7, 11) is 0. The lowest BCUT2D eigenvalue weighted by Gasteiger charge is -2.28. The number of nitrogens with zero attached hydrogens (tertiary/aromatic N) is 2. The average molecular weight is 247 g/mol. The van der Waals surface area contributed by atoms with E-state index >= 15 is 0 Å². The summed E-state index contributed by atoms with van der Waals surface area (Å²) in [6.45, 7) is 0.525. The molecule has 1 heterocycles. The van der Waals surface area contributed by atoms with Crippen molar-refractivity contribution in [3.63, 3.8) is 0 Å². The van der Waals surface area contributed by atoms with E-state index in [9.17, 15) is 4.79 Å². The molecule has 0 unspecified atom stereocenters. The van der Waals surface area contributed by atoms with E-state index in [4.69, 9.17) is 11.0 Å². The summed E-state index contributed by atoms with van der Waals surface area (Å²) in [5, 5.41) is 8.99. The van der Waals surface area contributed by atoms with Crippen LogP contribution < -0.4 is 5.73 Å². The van der Waals surface area contributed by atoms with Crippen molar-refractivity contribution < 1.29 is 4.79 Å². The number of amides is 1. The van der Waals surface area contributed by atoms with Gasteiger partial charge in [-0.1, -0.05) is 31.8 Å². The molecular weight excluding hydrogens is 226 g/mol. The molecule has 1 aliphatic carbocycles. The first-order valence-corrected chi connectivity index (χ1v) is 6.86. The highest BCUT2D eigenvalue weighted by molar-refractivity contribution is 5.83. The molecule has 98 valence electrons. The molecule has 4 heteroatoms. The van der Waals surface area contributed by atoms with Gasteiger partial charge in [0.2, 0.25) is 5.91 Å². The Labute approximate surface area is 108 Å². The molecule has 1 aliphatic heterocycles. The normalized spacial score (nSPS) is 26.7. The lowest BCUT2D eigenvalue weighted by atomic mass is 9.91. The van der Waals surface area contributed by atoms with Gasteiger partial charge in [-0.25, -0.2) is 0 Å². The van der Waals surface area contributed by atoms with Gasteiger partial charge in [0.25, 0.3) is 0 Å². The first-order chi connectivity index (χ1) is 8.74. The molecule has 2 rings (SSSR count). The predicted molar refractivity (Wildman–Crippen MR) is 69.4 cm³/mol. The van der Waals surface area contributed by atoms with Crippen LogP contribution in [0, 0.1) is 17.2 Å². The van der Waals surface area contributed by atoms with Crippen LogP contribution in [0.3, 0.4) is 0 Å². The van der Waals surface area contributed by atoms with Crippen molar-refractivity contribution in [2.24, 2.45) is 11.7 Å². The van der Waals surface area contributed by atoms with E-state index in [1.165, 1.54) is 25.7 Å². The Morgan fingerprint density at radius 2 is 2.00 bits per heavy atom. The van der Waals surface area contributed by atoms with E-state index in [0.717, 1.165) is 12.8 Å². The lowest BCUT2D eigenvalue weighted by molar-refractivity contribution is -0.133. The quantitative estimate of drug-likeness (QED) is 0.595. The van der Waals surface area contributed by atoms with E-state index < -0.39 is 12.1 Å². The van der Waals surface area contributed by atoms with Crippen LogP contribution in [0.5, 0.6) is 0 Å². The molecule has 0 aromatic rings. The van der Waals surface area contributed by atoms with Crippen LogP contribution in [-0.4, -0.2) is 29.4 Å². The van der Waals surface area contributed by atoms with Crippen LogP contribution in [0.1, 0.15) is 38.5 Å². The summed E-state index contributed by atoms with van der Waals surface area (Å²) < 4.78 is 0. The highest BCUT2D eigenvalue weighted by atomic mass is 16.2. The summed E-state index contributed by atoms with van der Waals surface area (Å²) in [5.74, 6) is 0.235. The maximum atomic E-state index is 12.3. The van der Waals surface area contributed by atoms with Crippen molar-refractivity contribution in [1.82, 2.24) is 4.90 Å². The van der Waals surface area contributed by atoms with Crippen molar-refractivity contribution in [3.8, 4) is 6.07 Å². The van der Waals surface area contributed by atoms with Crippen molar-refractivity contribution in [3.05, 3.63) is 12.2 Å². The van der Waals surface area contributed by atoms with E-state index in [-0.39, 0.29) is 5.91 Å². The number of nitrogens with two attached hydrogens (primary N) is 1. The molecule has 0 saturated heterocycles. The first-order valence-electron chi connectivity index (χ1n) is 6.86. The number of carbonyl (C=O) groups is 1. The molecule has 0 bridgehead atoms. The van der Waals surface area contributed by atoms with Crippen molar-refractivity contribution in [2.45, 2.75) is 50.6 Å². The van der Waals surface area contributed by atoms with Gasteiger partial charge in [0.15, 0.2) is 0 Å². The molecule has 4 nitrogen and oxygen atoms in total. The Kier molecular flexibility index (Phi) is 4.38. The summed E-state index contributed by atoms with van der Waals surface area (Å²) in [6.07, 6.45) is 10.6. The number of rotatable bonds is 2. The van der Waals surface area contributed by atoms with Gasteiger partial charge in [0.05, 0.1) is 12.1 Å². The smallest absolute Gasteiger partial charge is 0.241 e. The van der Waals surface area contributed by atoms with E-state index in [2.05, 4.69) is 6.07 Å². The van der Waals surface area contributed by atoms with Gasteiger partial charge in [-0.2, -0.15) is 5.26 Å². The van der Waals surface area contributed by atoms with Crippen LogP contribution in [-0.2, 0) is 4.79 Å². The molecule has 2 atom stereocenters. The third-order valence-electron chi connectivity index (χ3n) is 4.06. The Morgan fingerprint density at radius 1 is 1.33 bits per heavy atom. The number of carbonyl (C=O) groups excluding carboxylic acids is 1. The van der Waals surface area contributed by atoms with Gasteiger partial charge >= 0.3 is 0 Å². The third kappa shape index (κ3) is 2.73. The predicted octanol–water partition coefficient (Wildman–Crippen LogP) is 1.57. The van der Waals surface area contributed by atoms with Crippen molar-refractivity contribution in [1.29, 1.82) is 5.26 Å². The molecule has 0 spiro atoms. The minimum absolute atomic E-state index is 0.0570. The molecule has 18 heavy (non-hydrogen) atoms. The minimum Gasteiger partial charge on any atom is -0.320 e. The standard InChI is InChI=1S/C14H21N3O/c15-10-12-8-5-9-17(12)14(18)13(16)11-6-3-1-2-4-7-11/h5,8,11-13H,1-4,6-7,9,16H2/t12-,13-/m0/s1. The van der Waals surface area contributed by atoms with E-state index in [0.29, 0.717) is 12.5 Å². The minimum atomic E-state index is -0.432. The fourth-order valence-corrected chi connectivity index (χ4v) is 2.92. The van der Waals surface area contributed by atoms with Crippen molar-refractivity contribution >= 4 is 5.91 Å². The van der Waals surface area contributed by atoms with Crippen LogP contribution in [0.15, 0.2) is 12.2 Å². The van der Waals surface area contributed by atoms with Crippen molar-refractivity contribution in [2.75, 3.05) is 6.54 Å². The zero-order valence-corrected chi connectivity index (χ0v) is 10.7. The van der Waals surface area contributed by atoms with Gasteiger partial charge in [0.1, 0.15) is 6.04 Å². The highest BCUT2D eigenvalue weighted by Crippen LogP contribution is 2.26. The highest BCUT2D eigenvalue weighted by Gasteiger charge is 2.32. The summed E-state index contributed by atoms with van der Waals surface area (Å²) in [4.78, 5) is 13.9. The van der Waals surface area contributed by atoms with Gasteiger partial charge < -0.3 is 10.6 Å². The zero-order valence-electron chi connectivity index (χ0n) is 10.7. The number of nitriles is 1. The molecule has 1 saturated carbocycles. The second-order valence-corrected chi connectivity index (χ2v) is 5.27. The summed E-state index contributed by atoms with van der Waals surface area (Å²) >= 11 is 0. The Bertz CT molecular complexity index is 364. The molecule has 2 aliphatic rings. The van der Waals surface area contributed by atoms with Gasteiger partial charge in [-0.15, -0.1) is 0 Å².